The third-order valence-electron chi connectivity index (χ3n) is 2.18. The lowest BCUT2D eigenvalue weighted by Crippen LogP contribution is -2.30. The van der Waals surface area contributed by atoms with Crippen molar-refractivity contribution in [1.29, 1.82) is 0 Å². The summed E-state index contributed by atoms with van der Waals surface area (Å²) in [5.74, 6) is -1.02. The summed E-state index contributed by atoms with van der Waals surface area (Å²) in [6, 6.07) is 3.87. The summed E-state index contributed by atoms with van der Waals surface area (Å²) in [6.07, 6.45) is 0.201. The van der Waals surface area contributed by atoms with Crippen LogP contribution in [0.2, 0.25) is 0 Å². The molecule has 0 atom stereocenters. The van der Waals surface area contributed by atoms with Crippen LogP contribution in [-0.4, -0.2) is 24.9 Å². The second-order valence-electron chi connectivity index (χ2n) is 3.58. The summed E-state index contributed by atoms with van der Waals surface area (Å²) in [5, 5.41) is 5.18. The van der Waals surface area contributed by atoms with Crippen LogP contribution in [0.5, 0.6) is 0 Å². The predicted octanol–water partition coefficient (Wildman–Crippen LogP) is 1.84. The molecule has 4 nitrogen and oxygen atoms in total. The van der Waals surface area contributed by atoms with Gasteiger partial charge >= 0.3 is 0 Å². The molecule has 0 aromatic heterocycles. The van der Waals surface area contributed by atoms with Gasteiger partial charge in [0.05, 0.1) is 5.56 Å². The zero-order valence-corrected chi connectivity index (χ0v) is 11.5. The van der Waals surface area contributed by atoms with Crippen molar-refractivity contribution in [1.82, 2.24) is 10.6 Å². The maximum Gasteiger partial charge on any atom is 0.252 e. The maximum absolute atomic E-state index is 13.0. The lowest BCUT2D eigenvalue weighted by molar-refractivity contribution is -0.120. The van der Waals surface area contributed by atoms with Gasteiger partial charge in [0.25, 0.3) is 5.91 Å². The summed E-state index contributed by atoms with van der Waals surface area (Å²) in [5.41, 5.74) is 0.214. The van der Waals surface area contributed by atoms with E-state index in [0.717, 1.165) is 6.07 Å². The molecular weight excluding hydrogens is 303 g/mol. The Kier molecular flexibility index (Phi) is 5.77. The minimum Gasteiger partial charge on any atom is -0.356 e. The Hall–Kier alpha value is -1.43. The third kappa shape index (κ3) is 4.44. The average Bonchev–Trinajstić information content (AvgIpc) is 2.32. The van der Waals surface area contributed by atoms with Crippen LogP contribution in [0.15, 0.2) is 22.7 Å². The molecule has 2 N–H and O–H groups in total. The summed E-state index contributed by atoms with van der Waals surface area (Å²) >= 11 is 3.17. The van der Waals surface area contributed by atoms with E-state index in [1.54, 1.807) is 0 Å². The van der Waals surface area contributed by atoms with Gasteiger partial charge in [-0.1, -0.05) is 0 Å². The fraction of sp³-hybridized carbons (Fsp3) is 0.333. The van der Waals surface area contributed by atoms with Crippen molar-refractivity contribution < 1.29 is 14.0 Å². The topological polar surface area (TPSA) is 58.2 Å². The summed E-state index contributed by atoms with van der Waals surface area (Å²) in [4.78, 5) is 22.9. The van der Waals surface area contributed by atoms with E-state index in [9.17, 15) is 14.0 Å². The van der Waals surface area contributed by atoms with E-state index in [0.29, 0.717) is 11.0 Å². The first kappa shape index (κ1) is 14.6. The molecule has 98 valence electrons. The molecule has 1 rings (SSSR count). The zero-order chi connectivity index (χ0) is 13.5. The van der Waals surface area contributed by atoms with Crippen LogP contribution in [0.1, 0.15) is 23.7 Å². The molecule has 0 fully saturated rings. The molecule has 1 aromatic rings. The Morgan fingerprint density at radius 1 is 1.33 bits per heavy atom. The second-order valence-corrected chi connectivity index (χ2v) is 4.44. The molecule has 0 heterocycles. The van der Waals surface area contributed by atoms with Crippen LogP contribution < -0.4 is 10.6 Å². The van der Waals surface area contributed by atoms with Crippen molar-refractivity contribution in [2.45, 2.75) is 13.3 Å². The number of halogens is 2. The number of carbonyl (C=O) groups excluding carboxylic acids is 2. The van der Waals surface area contributed by atoms with Crippen LogP contribution in [0.3, 0.4) is 0 Å². The molecular formula is C12H14BrFN2O2. The minimum absolute atomic E-state index is 0.129. The number of amides is 2. The molecule has 0 aliphatic heterocycles. The standard InChI is InChI=1S/C12H14BrFN2O2/c1-2-15-11(17)5-6-16-12(18)9-7-8(14)3-4-10(9)13/h3-4,7H,2,5-6H2,1H3,(H,15,17)(H,16,18). The highest BCUT2D eigenvalue weighted by molar-refractivity contribution is 9.10. The largest absolute Gasteiger partial charge is 0.356 e. The van der Waals surface area contributed by atoms with Crippen LogP contribution >= 0.6 is 15.9 Å². The molecule has 0 aliphatic rings. The predicted molar refractivity (Wildman–Crippen MR) is 69.7 cm³/mol. The van der Waals surface area contributed by atoms with E-state index in [4.69, 9.17) is 0 Å². The van der Waals surface area contributed by atoms with Gasteiger partial charge in [-0.05, 0) is 41.1 Å². The van der Waals surface area contributed by atoms with Crippen molar-refractivity contribution in [3.63, 3.8) is 0 Å². The SMILES string of the molecule is CCNC(=O)CCNC(=O)c1cc(F)ccc1Br. The van der Waals surface area contributed by atoms with Crippen LogP contribution in [0, 0.1) is 5.82 Å². The molecule has 0 bridgehead atoms. The Morgan fingerprint density at radius 2 is 2.06 bits per heavy atom. The Labute approximate surface area is 113 Å². The number of hydrogen-bond donors (Lipinski definition) is 2. The highest BCUT2D eigenvalue weighted by Crippen LogP contribution is 2.17. The zero-order valence-electron chi connectivity index (χ0n) is 9.93. The molecule has 0 spiro atoms. The molecule has 0 aliphatic carbocycles. The highest BCUT2D eigenvalue weighted by Gasteiger charge is 2.11. The Balaban J connectivity index is 2.50. The van der Waals surface area contributed by atoms with Crippen molar-refractivity contribution in [3.8, 4) is 0 Å². The second kappa shape index (κ2) is 7.10. The van der Waals surface area contributed by atoms with Gasteiger partial charge in [0, 0.05) is 24.0 Å². The minimum atomic E-state index is -0.480. The third-order valence-corrected chi connectivity index (χ3v) is 2.88. The van der Waals surface area contributed by atoms with Gasteiger partial charge in [0.2, 0.25) is 5.91 Å². The molecule has 0 radical (unpaired) electrons. The van der Waals surface area contributed by atoms with Gasteiger partial charge in [-0.25, -0.2) is 4.39 Å². The lowest BCUT2D eigenvalue weighted by atomic mass is 10.2. The molecule has 0 saturated heterocycles. The highest BCUT2D eigenvalue weighted by atomic mass is 79.9. The van der Waals surface area contributed by atoms with E-state index >= 15 is 0 Å². The fourth-order valence-electron chi connectivity index (χ4n) is 1.34. The number of nitrogens with one attached hydrogen (secondary N) is 2. The molecule has 0 unspecified atom stereocenters. The van der Waals surface area contributed by atoms with Gasteiger partial charge in [0.1, 0.15) is 5.82 Å². The Morgan fingerprint density at radius 3 is 2.72 bits per heavy atom. The van der Waals surface area contributed by atoms with Crippen molar-refractivity contribution in [2.24, 2.45) is 0 Å². The number of carbonyl (C=O) groups is 2. The van der Waals surface area contributed by atoms with Gasteiger partial charge in [0.15, 0.2) is 0 Å². The average molecular weight is 317 g/mol. The first-order valence-corrected chi connectivity index (χ1v) is 6.34. The first-order valence-electron chi connectivity index (χ1n) is 5.54. The normalized spacial score (nSPS) is 9.94. The van der Waals surface area contributed by atoms with Crippen molar-refractivity contribution in [3.05, 3.63) is 34.1 Å². The van der Waals surface area contributed by atoms with E-state index < -0.39 is 11.7 Å². The maximum atomic E-state index is 13.0. The van der Waals surface area contributed by atoms with E-state index in [1.807, 2.05) is 6.92 Å². The fourth-order valence-corrected chi connectivity index (χ4v) is 1.77. The number of hydrogen-bond acceptors (Lipinski definition) is 2. The van der Waals surface area contributed by atoms with Crippen LogP contribution in [0.25, 0.3) is 0 Å². The quantitative estimate of drug-likeness (QED) is 0.871. The summed E-state index contributed by atoms with van der Waals surface area (Å²) in [7, 11) is 0. The lowest BCUT2D eigenvalue weighted by Gasteiger charge is -2.07. The van der Waals surface area contributed by atoms with Crippen molar-refractivity contribution >= 4 is 27.7 Å². The molecule has 1 aromatic carbocycles. The monoisotopic (exact) mass is 316 g/mol. The summed E-state index contributed by atoms with van der Waals surface area (Å²) in [6.45, 7) is 2.59. The Bertz CT molecular complexity index is 452. The van der Waals surface area contributed by atoms with Gasteiger partial charge in [-0.3, -0.25) is 9.59 Å². The van der Waals surface area contributed by atoms with E-state index in [1.165, 1.54) is 12.1 Å². The first-order chi connectivity index (χ1) is 8.54. The van der Waals surface area contributed by atoms with E-state index in [-0.39, 0.29) is 24.4 Å². The number of rotatable bonds is 5. The number of benzene rings is 1. The molecule has 18 heavy (non-hydrogen) atoms. The van der Waals surface area contributed by atoms with Gasteiger partial charge in [-0.2, -0.15) is 0 Å². The van der Waals surface area contributed by atoms with Gasteiger partial charge in [-0.15, -0.1) is 0 Å². The molecule has 2 amide bonds. The smallest absolute Gasteiger partial charge is 0.252 e. The molecule has 6 heteroatoms. The van der Waals surface area contributed by atoms with Crippen molar-refractivity contribution in [2.75, 3.05) is 13.1 Å². The van der Waals surface area contributed by atoms with Gasteiger partial charge < -0.3 is 10.6 Å². The van der Waals surface area contributed by atoms with Crippen LogP contribution in [0.4, 0.5) is 4.39 Å². The van der Waals surface area contributed by atoms with E-state index in [2.05, 4.69) is 26.6 Å². The summed E-state index contributed by atoms with van der Waals surface area (Å²) < 4.78 is 13.5. The molecule has 0 saturated carbocycles. The van der Waals surface area contributed by atoms with Crippen LogP contribution in [-0.2, 0) is 4.79 Å².